The van der Waals surface area contributed by atoms with Crippen molar-refractivity contribution in [2.45, 2.75) is 20.3 Å². The van der Waals surface area contributed by atoms with Crippen LogP contribution in [0.25, 0.3) is 0 Å². The van der Waals surface area contributed by atoms with Crippen molar-refractivity contribution in [1.82, 2.24) is 20.9 Å². The van der Waals surface area contributed by atoms with E-state index in [0.29, 0.717) is 25.2 Å². The molecule has 1 heterocycles. The maximum Gasteiger partial charge on any atom is 0.251 e. The monoisotopic (exact) mass is 565 g/mol. The van der Waals surface area contributed by atoms with Crippen molar-refractivity contribution in [3.05, 3.63) is 50.4 Å². The molecule has 1 aromatic heterocycles. The lowest BCUT2D eigenvalue weighted by Gasteiger charge is -2.12. The number of aromatic nitrogens is 1. The van der Waals surface area contributed by atoms with E-state index in [1.54, 1.807) is 23.5 Å². The van der Waals surface area contributed by atoms with E-state index in [2.05, 4.69) is 48.8 Å². The van der Waals surface area contributed by atoms with Crippen molar-refractivity contribution in [1.29, 1.82) is 0 Å². The highest BCUT2D eigenvalue weighted by molar-refractivity contribution is 14.0. The van der Waals surface area contributed by atoms with Crippen molar-refractivity contribution >= 4 is 63.1 Å². The van der Waals surface area contributed by atoms with Gasteiger partial charge in [0.05, 0.1) is 5.01 Å². The van der Waals surface area contributed by atoms with Crippen LogP contribution in [0.4, 0.5) is 0 Å². The number of benzene rings is 1. The summed E-state index contributed by atoms with van der Waals surface area (Å²) >= 11 is 5.08. The van der Waals surface area contributed by atoms with Gasteiger partial charge in [-0.3, -0.25) is 9.79 Å². The minimum atomic E-state index is -0.0887. The molecule has 0 radical (unpaired) electrons. The minimum Gasteiger partial charge on any atom is -0.357 e. The molecule has 2 rings (SSSR count). The Hall–Kier alpha value is -1.20. The molecule has 0 aliphatic carbocycles. The van der Waals surface area contributed by atoms with Gasteiger partial charge in [0.1, 0.15) is 0 Å². The van der Waals surface area contributed by atoms with Crippen molar-refractivity contribution < 1.29 is 4.79 Å². The summed E-state index contributed by atoms with van der Waals surface area (Å²) in [6, 6.07) is 7.33. The summed E-state index contributed by atoms with van der Waals surface area (Å²) in [6.07, 6.45) is 2.72. The topological polar surface area (TPSA) is 78.4 Å². The van der Waals surface area contributed by atoms with Crippen molar-refractivity contribution in [3.63, 3.8) is 0 Å². The molecule has 1 aromatic carbocycles. The molecule has 0 aliphatic rings. The number of guanidine groups is 1. The quantitative estimate of drug-likeness (QED) is 0.198. The van der Waals surface area contributed by atoms with Crippen LogP contribution < -0.4 is 16.0 Å². The van der Waals surface area contributed by atoms with Crippen LogP contribution in [0.1, 0.15) is 27.2 Å². The summed E-state index contributed by atoms with van der Waals surface area (Å²) in [7, 11) is 0. The van der Waals surface area contributed by atoms with Gasteiger partial charge in [0, 0.05) is 53.7 Å². The van der Waals surface area contributed by atoms with Gasteiger partial charge < -0.3 is 16.0 Å². The minimum absolute atomic E-state index is 0. The molecule has 6 nitrogen and oxygen atoms in total. The molecule has 0 aliphatic heterocycles. The van der Waals surface area contributed by atoms with Gasteiger partial charge >= 0.3 is 0 Å². The van der Waals surface area contributed by atoms with Crippen molar-refractivity contribution in [2.24, 2.45) is 4.99 Å². The molecule has 2 aromatic rings. The maximum atomic E-state index is 12.1. The van der Waals surface area contributed by atoms with E-state index in [4.69, 9.17) is 0 Å². The van der Waals surface area contributed by atoms with E-state index in [0.717, 1.165) is 28.4 Å². The molecule has 0 saturated carbocycles. The smallest absolute Gasteiger partial charge is 0.251 e. The summed E-state index contributed by atoms with van der Waals surface area (Å²) in [5.41, 5.74) is 0.638. The number of thiazole rings is 1. The maximum absolute atomic E-state index is 12.1. The van der Waals surface area contributed by atoms with Crippen LogP contribution in [0, 0.1) is 6.92 Å². The fourth-order valence-electron chi connectivity index (χ4n) is 2.21. The van der Waals surface area contributed by atoms with E-state index >= 15 is 0 Å². The molecular weight excluding hydrogens is 541 g/mol. The molecular formula is C18H25BrIN5OS. The first-order chi connectivity index (χ1) is 12.6. The molecule has 0 spiro atoms. The predicted molar refractivity (Wildman–Crippen MR) is 126 cm³/mol. The van der Waals surface area contributed by atoms with Crippen LogP contribution in [-0.4, -0.2) is 43.0 Å². The summed E-state index contributed by atoms with van der Waals surface area (Å²) < 4.78 is 0.889. The Morgan fingerprint density at radius 3 is 2.70 bits per heavy atom. The van der Waals surface area contributed by atoms with Gasteiger partial charge in [-0.1, -0.05) is 22.0 Å². The first kappa shape index (κ1) is 23.8. The Morgan fingerprint density at radius 1 is 1.26 bits per heavy atom. The standard InChI is InChI=1S/C18H24BrN5OS.HI/c1-3-20-18(22-8-7-16-24-12-13(2)26-16)23-10-9-21-17(25)14-5-4-6-15(19)11-14;/h4-6,11-12H,3,7-10H2,1-2H3,(H,21,25)(H2,20,22,23);1H. The normalized spacial score (nSPS) is 10.9. The molecule has 9 heteroatoms. The zero-order valence-electron chi connectivity index (χ0n) is 15.4. The van der Waals surface area contributed by atoms with Crippen LogP contribution >= 0.6 is 51.2 Å². The van der Waals surface area contributed by atoms with Gasteiger partial charge in [0.2, 0.25) is 0 Å². The number of carbonyl (C=O) groups excluding carboxylic acids is 1. The lowest BCUT2D eigenvalue weighted by atomic mass is 10.2. The van der Waals surface area contributed by atoms with Gasteiger partial charge in [-0.15, -0.1) is 35.3 Å². The van der Waals surface area contributed by atoms with Crippen LogP contribution in [0.5, 0.6) is 0 Å². The van der Waals surface area contributed by atoms with E-state index < -0.39 is 0 Å². The highest BCUT2D eigenvalue weighted by Crippen LogP contribution is 2.12. The van der Waals surface area contributed by atoms with Gasteiger partial charge in [-0.2, -0.15) is 0 Å². The van der Waals surface area contributed by atoms with Gasteiger partial charge in [-0.05, 0) is 32.0 Å². The summed E-state index contributed by atoms with van der Waals surface area (Å²) in [4.78, 5) is 22.2. The SMILES string of the molecule is CCNC(=NCCc1ncc(C)s1)NCCNC(=O)c1cccc(Br)c1.I. The molecule has 3 N–H and O–H groups in total. The Labute approximate surface area is 189 Å². The van der Waals surface area contributed by atoms with Gasteiger partial charge in [-0.25, -0.2) is 4.98 Å². The highest BCUT2D eigenvalue weighted by atomic mass is 127. The Bertz CT molecular complexity index is 753. The number of nitrogens with one attached hydrogen (secondary N) is 3. The Balaban J connectivity index is 0.00000364. The molecule has 0 bridgehead atoms. The molecule has 0 saturated heterocycles. The number of aliphatic imine (C=N–C) groups is 1. The van der Waals surface area contributed by atoms with Crippen LogP contribution in [0.2, 0.25) is 0 Å². The van der Waals surface area contributed by atoms with E-state index in [-0.39, 0.29) is 29.9 Å². The first-order valence-corrected chi connectivity index (χ1v) is 10.2. The fourth-order valence-corrected chi connectivity index (χ4v) is 3.39. The average molecular weight is 566 g/mol. The first-order valence-electron chi connectivity index (χ1n) is 8.55. The van der Waals surface area contributed by atoms with Gasteiger partial charge in [0.25, 0.3) is 5.91 Å². The zero-order valence-corrected chi connectivity index (χ0v) is 20.2. The molecule has 1 amide bonds. The van der Waals surface area contributed by atoms with Crippen molar-refractivity contribution in [3.8, 4) is 0 Å². The number of halogens is 2. The average Bonchev–Trinajstić information content (AvgIpc) is 3.03. The highest BCUT2D eigenvalue weighted by Gasteiger charge is 2.05. The second-order valence-corrected chi connectivity index (χ2v) is 7.80. The van der Waals surface area contributed by atoms with E-state index in [1.807, 2.05) is 25.3 Å². The van der Waals surface area contributed by atoms with Crippen LogP contribution in [0.15, 0.2) is 39.9 Å². The third kappa shape index (κ3) is 9.02. The Kier molecular flexibility index (Phi) is 11.5. The second-order valence-electron chi connectivity index (χ2n) is 5.57. The second kappa shape index (κ2) is 13.1. The van der Waals surface area contributed by atoms with Crippen LogP contribution in [0.3, 0.4) is 0 Å². The van der Waals surface area contributed by atoms with Gasteiger partial charge in [0.15, 0.2) is 5.96 Å². The summed E-state index contributed by atoms with van der Waals surface area (Å²) in [5.74, 6) is 0.659. The number of hydrogen-bond donors (Lipinski definition) is 3. The number of rotatable bonds is 8. The predicted octanol–water partition coefficient (Wildman–Crippen LogP) is 3.36. The number of amides is 1. The Morgan fingerprint density at radius 2 is 2.04 bits per heavy atom. The molecule has 0 atom stereocenters. The molecule has 148 valence electrons. The molecule has 0 unspecified atom stereocenters. The number of nitrogens with zero attached hydrogens (tertiary/aromatic N) is 2. The number of hydrogen-bond acceptors (Lipinski definition) is 4. The van der Waals surface area contributed by atoms with E-state index in [1.165, 1.54) is 4.88 Å². The largest absolute Gasteiger partial charge is 0.357 e. The third-order valence-corrected chi connectivity index (χ3v) is 4.86. The fraction of sp³-hybridized carbons (Fsp3) is 0.389. The lowest BCUT2D eigenvalue weighted by molar-refractivity contribution is 0.0954. The molecule has 27 heavy (non-hydrogen) atoms. The number of carbonyl (C=O) groups is 1. The summed E-state index contributed by atoms with van der Waals surface area (Å²) in [5, 5.41) is 10.4. The third-order valence-electron chi connectivity index (χ3n) is 3.40. The summed E-state index contributed by atoms with van der Waals surface area (Å²) in [6.45, 7) is 6.65. The lowest BCUT2D eigenvalue weighted by Crippen LogP contribution is -2.41. The molecule has 0 fully saturated rings. The van der Waals surface area contributed by atoms with E-state index in [9.17, 15) is 4.79 Å². The zero-order chi connectivity index (χ0) is 18.8. The van der Waals surface area contributed by atoms with Crippen LogP contribution in [-0.2, 0) is 6.42 Å². The van der Waals surface area contributed by atoms with Crippen molar-refractivity contribution in [2.75, 3.05) is 26.2 Å². The number of aryl methyl sites for hydroxylation is 1.